The summed E-state index contributed by atoms with van der Waals surface area (Å²) in [5.41, 5.74) is 1.30. The number of fused-ring (bicyclic) bond motifs is 1. The first-order chi connectivity index (χ1) is 9.33. The van der Waals surface area contributed by atoms with E-state index in [2.05, 4.69) is 30.4 Å². The highest BCUT2D eigenvalue weighted by Gasteiger charge is 2.26. The Labute approximate surface area is 116 Å². The third-order valence-corrected chi connectivity index (χ3v) is 3.71. The quantitative estimate of drug-likeness (QED) is 0.767. The second kappa shape index (κ2) is 7.51. The lowest BCUT2D eigenvalue weighted by Crippen LogP contribution is -2.34. The van der Waals surface area contributed by atoms with Gasteiger partial charge < -0.3 is 14.8 Å². The van der Waals surface area contributed by atoms with Crippen LogP contribution in [-0.4, -0.2) is 26.9 Å². The van der Waals surface area contributed by atoms with E-state index in [9.17, 15) is 0 Å². The number of benzene rings is 1. The molecule has 1 aromatic rings. The molecule has 0 aliphatic carbocycles. The maximum Gasteiger partial charge on any atom is 0.124 e. The minimum atomic E-state index is 0.423. The van der Waals surface area contributed by atoms with Crippen molar-refractivity contribution in [2.45, 2.75) is 32.2 Å². The molecular formula is C16H25NO2. The third kappa shape index (κ3) is 3.95. The van der Waals surface area contributed by atoms with Crippen LogP contribution in [0.3, 0.4) is 0 Å². The van der Waals surface area contributed by atoms with E-state index in [1.807, 2.05) is 6.07 Å². The second-order valence-corrected chi connectivity index (χ2v) is 5.31. The van der Waals surface area contributed by atoms with Crippen molar-refractivity contribution in [2.24, 2.45) is 5.92 Å². The van der Waals surface area contributed by atoms with Crippen molar-refractivity contribution in [3.8, 4) is 5.75 Å². The van der Waals surface area contributed by atoms with Gasteiger partial charge in [0, 0.05) is 31.2 Å². The van der Waals surface area contributed by atoms with Crippen LogP contribution < -0.4 is 10.1 Å². The van der Waals surface area contributed by atoms with E-state index >= 15 is 0 Å². The monoisotopic (exact) mass is 263 g/mol. The van der Waals surface area contributed by atoms with Gasteiger partial charge in [0.05, 0.1) is 6.61 Å². The maximum atomic E-state index is 5.77. The molecule has 1 aromatic carbocycles. The molecule has 1 aliphatic rings. The Morgan fingerprint density at radius 3 is 2.95 bits per heavy atom. The molecule has 3 heteroatoms. The number of methoxy groups -OCH3 is 1. The normalized spacial score (nSPS) is 21.8. The first-order valence-corrected chi connectivity index (χ1v) is 7.27. The lowest BCUT2D eigenvalue weighted by atomic mass is 9.92. The molecule has 0 saturated heterocycles. The number of unbranched alkanes of at least 4 members (excludes halogenated alkanes) is 2. The molecule has 0 saturated carbocycles. The van der Waals surface area contributed by atoms with Crippen LogP contribution in [0.2, 0.25) is 0 Å². The highest BCUT2D eigenvalue weighted by molar-refractivity contribution is 5.37. The van der Waals surface area contributed by atoms with Gasteiger partial charge in [0.1, 0.15) is 5.75 Å². The molecule has 0 spiro atoms. The highest BCUT2D eigenvalue weighted by atomic mass is 16.5. The van der Waals surface area contributed by atoms with Gasteiger partial charge >= 0.3 is 0 Å². The summed E-state index contributed by atoms with van der Waals surface area (Å²) in [5.74, 6) is 1.56. The van der Waals surface area contributed by atoms with Crippen LogP contribution in [-0.2, 0) is 4.74 Å². The van der Waals surface area contributed by atoms with Crippen molar-refractivity contribution < 1.29 is 9.47 Å². The average Bonchev–Trinajstić information content (AvgIpc) is 2.44. The molecule has 0 amide bonds. The smallest absolute Gasteiger partial charge is 0.124 e. The van der Waals surface area contributed by atoms with Gasteiger partial charge in [-0.1, -0.05) is 25.1 Å². The van der Waals surface area contributed by atoms with Crippen molar-refractivity contribution in [2.75, 3.05) is 26.9 Å². The Morgan fingerprint density at radius 2 is 2.11 bits per heavy atom. The SMILES string of the molecule is COCCCCCNC1c2ccccc2OCC1C. The number of hydrogen-bond donors (Lipinski definition) is 1. The fraction of sp³-hybridized carbons (Fsp3) is 0.625. The van der Waals surface area contributed by atoms with E-state index in [0.29, 0.717) is 12.0 Å². The summed E-state index contributed by atoms with van der Waals surface area (Å²) >= 11 is 0. The van der Waals surface area contributed by atoms with Crippen LogP contribution >= 0.6 is 0 Å². The zero-order chi connectivity index (χ0) is 13.5. The molecule has 0 fully saturated rings. The lowest BCUT2D eigenvalue weighted by molar-refractivity contribution is 0.184. The largest absolute Gasteiger partial charge is 0.493 e. The van der Waals surface area contributed by atoms with Crippen LogP contribution in [0.5, 0.6) is 5.75 Å². The van der Waals surface area contributed by atoms with Crippen molar-refractivity contribution in [1.29, 1.82) is 0 Å². The molecule has 1 aliphatic heterocycles. The van der Waals surface area contributed by atoms with Crippen molar-refractivity contribution in [1.82, 2.24) is 5.32 Å². The van der Waals surface area contributed by atoms with Gasteiger partial charge in [0.25, 0.3) is 0 Å². The number of hydrogen-bond acceptors (Lipinski definition) is 3. The van der Waals surface area contributed by atoms with Gasteiger partial charge in [-0.3, -0.25) is 0 Å². The van der Waals surface area contributed by atoms with Crippen molar-refractivity contribution in [3.63, 3.8) is 0 Å². The number of para-hydroxylation sites is 1. The molecule has 1 heterocycles. The number of rotatable bonds is 7. The predicted molar refractivity (Wildman–Crippen MR) is 77.6 cm³/mol. The summed E-state index contributed by atoms with van der Waals surface area (Å²) in [6, 6.07) is 8.79. The predicted octanol–water partition coefficient (Wildman–Crippen LogP) is 3.16. The lowest BCUT2D eigenvalue weighted by Gasteiger charge is -2.32. The molecule has 0 aromatic heterocycles. The first-order valence-electron chi connectivity index (χ1n) is 7.27. The van der Waals surface area contributed by atoms with E-state index < -0.39 is 0 Å². The van der Waals surface area contributed by atoms with Gasteiger partial charge in [0.15, 0.2) is 0 Å². The molecule has 19 heavy (non-hydrogen) atoms. The molecule has 0 bridgehead atoms. The van der Waals surface area contributed by atoms with Gasteiger partial charge in [-0.05, 0) is 31.9 Å². The fourth-order valence-corrected chi connectivity index (χ4v) is 2.61. The molecule has 2 atom stereocenters. The molecule has 1 N–H and O–H groups in total. The van der Waals surface area contributed by atoms with Crippen molar-refractivity contribution >= 4 is 0 Å². The minimum absolute atomic E-state index is 0.423. The van der Waals surface area contributed by atoms with E-state index in [4.69, 9.17) is 9.47 Å². The van der Waals surface area contributed by atoms with E-state index in [1.165, 1.54) is 18.4 Å². The Bertz CT molecular complexity index is 381. The first kappa shape index (κ1) is 14.4. The van der Waals surface area contributed by atoms with Gasteiger partial charge in [-0.25, -0.2) is 0 Å². The second-order valence-electron chi connectivity index (χ2n) is 5.31. The van der Waals surface area contributed by atoms with Crippen molar-refractivity contribution in [3.05, 3.63) is 29.8 Å². The van der Waals surface area contributed by atoms with E-state index in [0.717, 1.165) is 31.9 Å². The number of ether oxygens (including phenoxy) is 2. The summed E-state index contributed by atoms with van der Waals surface area (Å²) in [5, 5.41) is 3.68. The van der Waals surface area contributed by atoms with Crippen LogP contribution in [0.15, 0.2) is 24.3 Å². The summed E-state index contributed by atoms with van der Waals surface area (Å²) in [6.07, 6.45) is 3.58. The summed E-state index contributed by atoms with van der Waals surface area (Å²) < 4.78 is 10.8. The Hall–Kier alpha value is -1.06. The van der Waals surface area contributed by atoms with Crippen LogP contribution in [0, 0.1) is 5.92 Å². The summed E-state index contributed by atoms with van der Waals surface area (Å²) in [4.78, 5) is 0. The molecular weight excluding hydrogens is 238 g/mol. The van der Waals surface area contributed by atoms with Crippen LogP contribution in [0.25, 0.3) is 0 Å². The minimum Gasteiger partial charge on any atom is -0.493 e. The topological polar surface area (TPSA) is 30.5 Å². The molecule has 3 nitrogen and oxygen atoms in total. The zero-order valence-corrected chi connectivity index (χ0v) is 12.0. The fourth-order valence-electron chi connectivity index (χ4n) is 2.61. The van der Waals surface area contributed by atoms with E-state index in [-0.39, 0.29) is 0 Å². The van der Waals surface area contributed by atoms with Crippen LogP contribution in [0.1, 0.15) is 37.8 Å². The standard InChI is InChI=1S/C16H25NO2/c1-13-12-19-15-9-5-4-8-14(15)16(13)17-10-6-3-7-11-18-2/h4-5,8-9,13,16-17H,3,6-7,10-12H2,1-2H3. The number of nitrogens with one attached hydrogen (secondary N) is 1. The Morgan fingerprint density at radius 1 is 1.26 bits per heavy atom. The zero-order valence-electron chi connectivity index (χ0n) is 12.0. The molecule has 106 valence electrons. The average molecular weight is 263 g/mol. The summed E-state index contributed by atoms with van der Waals surface area (Å²) in [7, 11) is 1.76. The molecule has 2 rings (SSSR count). The summed E-state index contributed by atoms with van der Waals surface area (Å²) in [6.45, 7) is 4.99. The van der Waals surface area contributed by atoms with Crippen LogP contribution in [0.4, 0.5) is 0 Å². The maximum absolute atomic E-state index is 5.77. The van der Waals surface area contributed by atoms with Gasteiger partial charge in [-0.2, -0.15) is 0 Å². The van der Waals surface area contributed by atoms with E-state index in [1.54, 1.807) is 7.11 Å². The van der Waals surface area contributed by atoms with Gasteiger partial charge in [0.2, 0.25) is 0 Å². The Kier molecular flexibility index (Phi) is 5.67. The molecule has 0 radical (unpaired) electrons. The third-order valence-electron chi connectivity index (χ3n) is 3.71. The highest BCUT2D eigenvalue weighted by Crippen LogP contribution is 2.34. The molecule has 2 unspecified atom stereocenters. The van der Waals surface area contributed by atoms with Gasteiger partial charge in [-0.15, -0.1) is 0 Å². The Balaban J connectivity index is 1.82.